The lowest BCUT2D eigenvalue weighted by atomic mass is 10.2. The number of hydrogen-bond donors (Lipinski definition) is 1. The third kappa shape index (κ3) is 4.20. The lowest BCUT2D eigenvalue weighted by Crippen LogP contribution is -2.37. The van der Waals surface area contributed by atoms with Gasteiger partial charge in [-0.15, -0.1) is 0 Å². The van der Waals surface area contributed by atoms with Gasteiger partial charge in [0.25, 0.3) is 9.05 Å². The number of amides is 1. The second kappa shape index (κ2) is 6.79. The van der Waals surface area contributed by atoms with Crippen molar-refractivity contribution >= 4 is 25.6 Å². The number of carbonyl (C=O) groups is 1. The molecule has 1 heterocycles. The van der Waals surface area contributed by atoms with E-state index in [1.54, 1.807) is 20.8 Å². The van der Waals surface area contributed by atoms with Crippen LogP contribution in [0.3, 0.4) is 0 Å². The van der Waals surface area contributed by atoms with Crippen LogP contribution in [0.1, 0.15) is 51.0 Å². The molecule has 0 aliphatic carbocycles. The Morgan fingerprint density at radius 3 is 2.38 bits per heavy atom. The highest BCUT2D eigenvalue weighted by Gasteiger charge is 2.27. The third-order valence-corrected chi connectivity index (χ3v) is 4.90. The molecule has 0 fully saturated rings. The Morgan fingerprint density at radius 2 is 1.95 bits per heavy atom. The lowest BCUT2D eigenvalue weighted by molar-refractivity contribution is -0.124. The minimum atomic E-state index is -3.88. The molecule has 6 nitrogen and oxygen atoms in total. The molecule has 1 rings (SSSR count). The molecule has 0 saturated carbocycles. The van der Waals surface area contributed by atoms with Crippen molar-refractivity contribution in [1.82, 2.24) is 15.1 Å². The van der Waals surface area contributed by atoms with Crippen LogP contribution in [-0.2, 0) is 13.8 Å². The number of halogens is 1. The van der Waals surface area contributed by atoms with Crippen LogP contribution in [0.2, 0.25) is 0 Å². The summed E-state index contributed by atoms with van der Waals surface area (Å²) >= 11 is 0. The van der Waals surface area contributed by atoms with Gasteiger partial charge in [-0.25, -0.2) is 8.42 Å². The van der Waals surface area contributed by atoms with Crippen LogP contribution in [0.4, 0.5) is 0 Å². The van der Waals surface area contributed by atoms with E-state index >= 15 is 0 Å². The first-order valence-electron chi connectivity index (χ1n) is 6.90. The van der Waals surface area contributed by atoms with Crippen LogP contribution in [0.15, 0.2) is 4.90 Å². The molecule has 1 N–H and O–H groups in total. The quantitative estimate of drug-likeness (QED) is 0.809. The molecule has 0 radical (unpaired) electrons. The van der Waals surface area contributed by atoms with Gasteiger partial charge in [0.2, 0.25) is 5.91 Å². The van der Waals surface area contributed by atoms with Crippen molar-refractivity contribution in [2.75, 3.05) is 0 Å². The minimum absolute atomic E-state index is 0.0228. The van der Waals surface area contributed by atoms with E-state index in [2.05, 4.69) is 10.4 Å². The van der Waals surface area contributed by atoms with E-state index < -0.39 is 15.1 Å². The summed E-state index contributed by atoms with van der Waals surface area (Å²) in [6, 6.07) is -0.534. The molecule has 1 amide bonds. The second-order valence-electron chi connectivity index (χ2n) is 5.26. The Bertz CT molecular complexity index is 625. The van der Waals surface area contributed by atoms with Crippen LogP contribution < -0.4 is 5.32 Å². The van der Waals surface area contributed by atoms with Crippen LogP contribution >= 0.6 is 10.7 Å². The zero-order valence-electron chi connectivity index (χ0n) is 13.0. The number of aryl methyl sites for hydroxylation is 1. The molecule has 1 aromatic heterocycles. The normalized spacial score (nSPS) is 14.8. The number of rotatable bonds is 6. The van der Waals surface area contributed by atoms with E-state index in [0.29, 0.717) is 11.4 Å². The summed E-state index contributed by atoms with van der Waals surface area (Å²) in [6.07, 6.45) is 1.86. The molecular weight excluding hydrogens is 314 g/mol. The fourth-order valence-corrected chi connectivity index (χ4v) is 3.87. The Morgan fingerprint density at radius 1 is 1.38 bits per heavy atom. The van der Waals surface area contributed by atoms with Gasteiger partial charge < -0.3 is 5.32 Å². The van der Waals surface area contributed by atoms with E-state index in [0.717, 1.165) is 12.8 Å². The number of nitrogens with one attached hydrogen (secondary N) is 1. The molecule has 21 heavy (non-hydrogen) atoms. The van der Waals surface area contributed by atoms with Crippen LogP contribution in [0.25, 0.3) is 0 Å². The molecule has 2 atom stereocenters. The van der Waals surface area contributed by atoms with Crippen LogP contribution in [0.5, 0.6) is 0 Å². The molecule has 120 valence electrons. The third-order valence-electron chi connectivity index (χ3n) is 3.36. The molecule has 0 saturated heterocycles. The highest BCUT2D eigenvalue weighted by Crippen LogP contribution is 2.25. The maximum Gasteiger partial charge on any atom is 0.264 e. The predicted octanol–water partition coefficient (Wildman–Crippen LogP) is 2.29. The first kappa shape index (κ1) is 18.0. The van der Waals surface area contributed by atoms with Gasteiger partial charge in [-0.1, -0.05) is 13.3 Å². The van der Waals surface area contributed by atoms with Crippen molar-refractivity contribution in [2.24, 2.45) is 0 Å². The smallest absolute Gasteiger partial charge is 0.264 e. The van der Waals surface area contributed by atoms with Gasteiger partial charge in [-0.05, 0) is 34.1 Å². The number of hydrogen-bond acceptors (Lipinski definition) is 4. The Labute approximate surface area is 130 Å². The monoisotopic (exact) mass is 335 g/mol. The molecule has 0 aromatic carbocycles. The highest BCUT2D eigenvalue weighted by atomic mass is 35.7. The summed E-state index contributed by atoms with van der Waals surface area (Å²) in [4.78, 5) is 12.2. The summed E-state index contributed by atoms with van der Waals surface area (Å²) in [5.41, 5.74) is 0.664. The molecule has 0 aliphatic heterocycles. The predicted molar refractivity (Wildman–Crippen MR) is 82.0 cm³/mol. The van der Waals surface area contributed by atoms with E-state index in [9.17, 15) is 13.2 Å². The van der Waals surface area contributed by atoms with Crippen LogP contribution in [-0.4, -0.2) is 30.1 Å². The summed E-state index contributed by atoms with van der Waals surface area (Å²) in [6.45, 7) is 8.81. The van der Waals surface area contributed by atoms with Gasteiger partial charge in [0.1, 0.15) is 10.9 Å². The molecule has 0 spiro atoms. The topological polar surface area (TPSA) is 81.1 Å². The first-order chi connectivity index (χ1) is 9.59. The second-order valence-corrected chi connectivity index (χ2v) is 7.76. The van der Waals surface area contributed by atoms with E-state index in [4.69, 9.17) is 10.7 Å². The summed E-state index contributed by atoms with van der Waals surface area (Å²) < 4.78 is 24.5. The van der Waals surface area contributed by atoms with Gasteiger partial charge >= 0.3 is 0 Å². The molecule has 1 aromatic rings. The largest absolute Gasteiger partial charge is 0.352 e. The average molecular weight is 336 g/mol. The molecule has 8 heteroatoms. The number of nitrogens with zero attached hydrogens (tertiary/aromatic N) is 2. The molecular formula is C13H22ClN3O3S. The SMILES string of the molecule is CCCC(C)NC(=O)C(C)n1nc(C)c(S(=O)(=O)Cl)c1C. The maximum atomic E-state index is 12.2. The van der Waals surface area contributed by atoms with Gasteiger partial charge in [0.15, 0.2) is 0 Å². The van der Waals surface area contributed by atoms with Crippen molar-refractivity contribution in [3.8, 4) is 0 Å². The van der Waals surface area contributed by atoms with Gasteiger partial charge in [-0.3, -0.25) is 9.48 Å². The first-order valence-corrected chi connectivity index (χ1v) is 9.21. The standard InChI is InChI=1S/C13H22ClN3O3S/c1-6-7-8(2)15-13(18)11(5)17-10(4)12(9(3)16-17)21(14,19)20/h8,11H,6-7H2,1-5H3,(H,15,18). The number of carbonyl (C=O) groups excluding carboxylic acids is 1. The Kier molecular flexibility index (Phi) is 5.81. The highest BCUT2D eigenvalue weighted by molar-refractivity contribution is 8.13. The molecule has 0 aliphatic rings. The molecule has 0 bridgehead atoms. The van der Waals surface area contributed by atoms with Crippen LogP contribution in [0, 0.1) is 13.8 Å². The summed E-state index contributed by atoms with van der Waals surface area (Å²) in [5, 5.41) is 7.03. The zero-order valence-corrected chi connectivity index (χ0v) is 14.5. The lowest BCUT2D eigenvalue weighted by Gasteiger charge is -2.18. The van der Waals surface area contributed by atoms with E-state index in [1.165, 1.54) is 4.68 Å². The minimum Gasteiger partial charge on any atom is -0.352 e. The average Bonchev–Trinajstić information content (AvgIpc) is 2.63. The number of aromatic nitrogens is 2. The van der Waals surface area contributed by atoms with Crippen molar-refractivity contribution in [3.05, 3.63) is 11.4 Å². The van der Waals surface area contributed by atoms with E-state index in [1.807, 2.05) is 13.8 Å². The fourth-order valence-electron chi connectivity index (χ4n) is 2.36. The van der Waals surface area contributed by atoms with Gasteiger partial charge in [-0.2, -0.15) is 5.10 Å². The van der Waals surface area contributed by atoms with Crippen molar-refractivity contribution in [2.45, 2.75) is 64.4 Å². The van der Waals surface area contributed by atoms with E-state index in [-0.39, 0.29) is 16.8 Å². The van der Waals surface area contributed by atoms with Crippen molar-refractivity contribution < 1.29 is 13.2 Å². The zero-order chi connectivity index (χ0) is 16.4. The summed E-state index contributed by atoms with van der Waals surface area (Å²) in [7, 11) is 1.53. The maximum absolute atomic E-state index is 12.2. The van der Waals surface area contributed by atoms with Gasteiger partial charge in [0, 0.05) is 16.7 Å². The fraction of sp³-hybridized carbons (Fsp3) is 0.692. The Balaban J connectivity index is 3.04. The summed E-state index contributed by atoms with van der Waals surface area (Å²) in [5.74, 6) is -0.194. The van der Waals surface area contributed by atoms with Crippen molar-refractivity contribution in [1.29, 1.82) is 0 Å². The van der Waals surface area contributed by atoms with Crippen molar-refractivity contribution in [3.63, 3.8) is 0 Å². The van der Waals surface area contributed by atoms with Gasteiger partial charge in [0.05, 0.1) is 11.4 Å². The molecule has 2 unspecified atom stereocenters. The Hall–Kier alpha value is -1.08.